The molecule has 2 aliphatic rings. The highest BCUT2D eigenvalue weighted by atomic mass is 19.1. The first-order valence-corrected chi connectivity index (χ1v) is 12.9. The van der Waals surface area contributed by atoms with Gasteiger partial charge in [0.05, 0.1) is 22.5 Å². The molecule has 4 rings (SSSR count). The molecule has 6 nitrogen and oxygen atoms in total. The lowest BCUT2D eigenvalue weighted by molar-refractivity contribution is -0.147. The van der Waals surface area contributed by atoms with Gasteiger partial charge in [0.1, 0.15) is 11.6 Å². The number of rotatable bonds is 8. The number of benzene rings is 2. The maximum absolute atomic E-state index is 14.1. The van der Waals surface area contributed by atoms with Crippen molar-refractivity contribution >= 4 is 29.1 Å². The second-order valence-corrected chi connectivity index (χ2v) is 10.5. The standard InChI is InChI=1S/C28H35F2N3O3/c1-18(2)17-33(21-7-4-3-5-8-21)25-12-9-19(28(26(34)35)13-6-14-28)15-24(25)32-27(36)31-23-11-10-20(29)16-22(23)30/h9-12,15-16,18,21H,3-8,13-14,17H2,1-2H3,(H,34,35)(H2,31,32,36). The number of aliphatic carboxylic acids is 1. The maximum atomic E-state index is 14.1. The fourth-order valence-corrected chi connectivity index (χ4v) is 5.44. The van der Waals surface area contributed by atoms with Crippen LogP contribution in [0.5, 0.6) is 0 Å². The third kappa shape index (κ3) is 5.47. The monoisotopic (exact) mass is 499 g/mol. The number of carbonyl (C=O) groups excluding carboxylic acids is 1. The Kier molecular flexibility index (Phi) is 7.81. The van der Waals surface area contributed by atoms with Gasteiger partial charge in [0.15, 0.2) is 0 Å². The third-order valence-corrected chi connectivity index (χ3v) is 7.48. The predicted molar refractivity (Wildman–Crippen MR) is 138 cm³/mol. The Balaban J connectivity index is 1.70. The number of urea groups is 1. The van der Waals surface area contributed by atoms with Gasteiger partial charge in [-0.15, -0.1) is 0 Å². The molecular formula is C28H35F2N3O3. The second kappa shape index (κ2) is 10.8. The average Bonchev–Trinajstić information content (AvgIpc) is 2.79. The van der Waals surface area contributed by atoms with E-state index in [1.807, 2.05) is 12.1 Å². The summed E-state index contributed by atoms with van der Waals surface area (Å²) in [5.74, 6) is -2.10. The molecule has 194 valence electrons. The Morgan fingerprint density at radius 1 is 1.00 bits per heavy atom. The van der Waals surface area contributed by atoms with E-state index in [0.29, 0.717) is 42.1 Å². The van der Waals surface area contributed by atoms with Gasteiger partial charge in [0.25, 0.3) is 0 Å². The van der Waals surface area contributed by atoms with Crippen molar-refractivity contribution in [1.29, 1.82) is 0 Å². The number of carbonyl (C=O) groups is 2. The van der Waals surface area contributed by atoms with Gasteiger partial charge < -0.3 is 20.6 Å². The fraction of sp³-hybridized carbons (Fsp3) is 0.500. The summed E-state index contributed by atoms with van der Waals surface area (Å²) in [5, 5.41) is 15.3. The number of carboxylic acids is 1. The molecule has 0 radical (unpaired) electrons. The largest absolute Gasteiger partial charge is 0.481 e. The molecule has 2 aliphatic carbocycles. The Labute approximate surface area is 211 Å². The Morgan fingerprint density at radius 3 is 2.28 bits per heavy atom. The van der Waals surface area contributed by atoms with Crippen molar-refractivity contribution in [2.75, 3.05) is 22.1 Å². The van der Waals surface area contributed by atoms with Crippen LogP contribution in [0.4, 0.5) is 30.6 Å². The van der Waals surface area contributed by atoms with Crippen LogP contribution < -0.4 is 15.5 Å². The van der Waals surface area contributed by atoms with Crippen molar-refractivity contribution in [3.63, 3.8) is 0 Å². The molecule has 0 aliphatic heterocycles. The van der Waals surface area contributed by atoms with Gasteiger partial charge in [-0.2, -0.15) is 0 Å². The van der Waals surface area contributed by atoms with Gasteiger partial charge in [-0.25, -0.2) is 13.6 Å². The Bertz CT molecular complexity index is 1110. The Morgan fingerprint density at radius 2 is 1.69 bits per heavy atom. The van der Waals surface area contributed by atoms with E-state index in [2.05, 4.69) is 29.4 Å². The van der Waals surface area contributed by atoms with Gasteiger partial charge in [-0.3, -0.25) is 4.79 Å². The number of hydrogen-bond acceptors (Lipinski definition) is 3. The topological polar surface area (TPSA) is 81.7 Å². The lowest BCUT2D eigenvalue weighted by Gasteiger charge is -2.41. The molecule has 0 atom stereocenters. The molecule has 0 bridgehead atoms. The highest BCUT2D eigenvalue weighted by Crippen LogP contribution is 2.46. The minimum absolute atomic E-state index is 0.140. The van der Waals surface area contributed by atoms with Gasteiger partial charge in [-0.1, -0.05) is 45.6 Å². The molecule has 8 heteroatoms. The molecule has 2 fully saturated rings. The van der Waals surface area contributed by atoms with Crippen LogP contribution in [0.1, 0.15) is 70.8 Å². The van der Waals surface area contributed by atoms with Crippen molar-refractivity contribution in [2.45, 2.75) is 76.7 Å². The maximum Gasteiger partial charge on any atom is 0.323 e. The highest BCUT2D eigenvalue weighted by molar-refractivity contribution is 6.02. The molecule has 0 saturated heterocycles. The molecular weight excluding hydrogens is 464 g/mol. The molecule has 3 N–H and O–H groups in total. The number of hydrogen-bond donors (Lipinski definition) is 3. The summed E-state index contributed by atoms with van der Waals surface area (Å²) in [7, 11) is 0. The zero-order valence-electron chi connectivity index (χ0n) is 20.9. The van der Waals surface area contributed by atoms with Crippen molar-refractivity contribution in [1.82, 2.24) is 0 Å². The van der Waals surface area contributed by atoms with Crippen molar-refractivity contribution < 1.29 is 23.5 Å². The molecule has 36 heavy (non-hydrogen) atoms. The molecule has 2 saturated carbocycles. The van der Waals surface area contributed by atoms with Crippen LogP contribution in [0.2, 0.25) is 0 Å². The average molecular weight is 500 g/mol. The van der Waals surface area contributed by atoms with E-state index < -0.39 is 29.0 Å². The van der Waals surface area contributed by atoms with Crippen LogP contribution in [-0.2, 0) is 10.2 Å². The predicted octanol–water partition coefficient (Wildman–Crippen LogP) is 6.91. The van der Waals surface area contributed by atoms with Crippen LogP contribution >= 0.6 is 0 Å². The first-order valence-electron chi connectivity index (χ1n) is 12.9. The number of nitrogens with one attached hydrogen (secondary N) is 2. The molecule has 2 aromatic carbocycles. The summed E-state index contributed by atoms with van der Waals surface area (Å²) >= 11 is 0. The van der Waals surface area contributed by atoms with Crippen LogP contribution in [0.15, 0.2) is 36.4 Å². The minimum Gasteiger partial charge on any atom is -0.481 e. The summed E-state index contributed by atoms with van der Waals surface area (Å²) in [6.45, 7) is 5.08. The summed E-state index contributed by atoms with van der Waals surface area (Å²) in [4.78, 5) is 27.5. The third-order valence-electron chi connectivity index (χ3n) is 7.48. The van der Waals surface area contributed by atoms with Gasteiger partial charge in [0, 0.05) is 18.7 Å². The van der Waals surface area contributed by atoms with E-state index in [1.165, 1.54) is 12.5 Å². The molecule has 2 aromatic rings. The Hall–Kier alpha value is -3.16. The molecule has 0 heterocycles. The summed E-state index contributed by atoms with van der Waals surface area (Å²) in [5.41, 5.74) is 0.878. The van der Waals surface area contributed by atoms with Crippen LogP contribution in [-0.4, -0.2) is 29.7 Å². The lowest BCUT2D eigenvalue weighted by Crippen LogP contribution is -2.43. The zero-order chi connectivity index (χ0) is 25.9. The van der Waals surface area contributed by atoms with E-state index in [0.717, 1.165) is 50.4 Å². The van der Waals surface area contributed by atoms with Crippen LogP contribution in [0, 0.1) is 17.6 Å². The van der Waals surface area contributed by atoms with Crippen LogP contribution in [0.25, 0.3) is 0 Å². The normalized spacial score (nSPS) is 17.4. The first-order chi connectivity index (χ1) is 17.2. The zero-order valence-corrected chi connectivity index (χ0v) is 20.9. The molecule has 0 unspecified atom stereocenters. The fourth-order valence-electron chi connectivity index (χ4n) is 5.44. The number of halogens is 2. The van der Waals surface area contributed by atoms with E-state index in [4.69, 9.17) is 0 Å². The van der Waals surface area contributed by atoms with Crippen molar-refractivity contribution in [3.05, 3.63) is 53.6 Å². The smallest absolute Gasteiger partial charge is 0.323 e. The lowest BCUT2D eigenvalue weighted by atomic mass is 9.64. The molecule has 0 aromatic heterocycles. The summed E-state index contributed by atoms with van der Waals surface area (Å²) < 4.78 is 27.4. The van der Waals surface area contributed by atoms with Crippen molar-refractivity contribution in [3.8, 4) is 0 Å². The van der Waals surface area contributed by atoms with Gasteiger partial charge >= 0.3 is 12.0 Å². The first kappa shape index (κ1) is 25.9. The number of carboxylic acid groups (broad SMARTS) is 1. The van der Waals surface area contributed by atoms with E-state index in [9.17, 15) is 23.5 Å². The molecule has 2 amide bonds. The van der Waals surface area contributed by atoms with E-state index >= 15 is 0 Å². The summed E-state index contributed by atoms with van der Waals surface area (Å²) in [6.07, 6.45) is 7.55. The SMILES string of the molecule is CC(C)CN(c1ccc(C2(C(=O)O)CCC2)cc1NC(=O)Nc1ccc(F)cc1F)C1CCCCC1. The minimum atomic E-state index is -0.956. The van der Waals surface area contributed by atoms with Crippen molar-refractivity contribution in [2.24, 2.45) is 5.92 Å². The second-order valence-electron chi connectivity index (χ2n) is 10.5. The van der Waals surface area contributed by atoms with E-state index in [1.54, 1.807) is 6.07 Å². The van der Waals surface area contributed by atoms with E-state index in [-0.39, 0.29) is 5.69 Å². The van der Waals surface area contributed by atoms with Gasteiger partial charge in [0.2, 0.25) is 0 Å². The summed E-state index contributed by atoms with van der Waals surface area (Å²) in [6, 6.07) is 8.16. The highest BCUT2D eigenvalue weighted by Gasteiger charge is 2.46. The van der Waals surface area contributed by atoms with Gasteiger partial charge in [-0.05, 0) is 61.4 Å². The number of nitrogens with zero attached hydrogens (tertiary/aromatic N) is 1. The molecule has 0 spiro atoms. The number of anilines is 3. The number of amides is 2. The quantitative estimate of drug-likeness (QED) is 0.369. The van der Waals surface area contributed by atoms with Crippen LogP contribution in [0.3, 0.4) is 0 Å².